The number of benzene rings is 2. The lowest BCUT2D eigenvalue weighted by atomic mass is 10.0. The third kappa shape index (κ3) is 2.68. The summed E-state index contributed by atoms with van der Waals surface area (Å²) in [6, 6.07) is 18.6. The number of nitrogens with zero attached hydrogens (tertiary/aromatic N) is 2. The second-order valence-corrected chi connectivity index (χ2v) is 7.33. The van der Waals surface area contributed by atoms with Crippen LogP contribution < -0.4 is 10.2 Å². The van der Waals surface area contributed by atoms with Gasteiger partial charge in [-0.15, -0.1) is 11.3 Å². The van der Waals surface area contributed by atoms with Crippen molar-refractivity contribution in [2.24, 2.45) is 0 Å². The highest BCUT2D eigenvalue weighted by Gasteiger charge is 2.40. The second-order valence-electron chi connectivity index (χ2n) is 6.38. The van der Waals surface area contributed by atoms with Crippen LogP contribution in [0, 0.1) is 10.1 Å². The number of hydrogen-bond acceptors (Lipinski definition) is 6. The maximum absolute atomic E-state index is 11.2. The van der Waals surface area contributed by atoms with Gasteiger partial charge in [-0.05, 0) is 23.6 Å². The van der Waals surface area contributed by atoms with Crippen molar-refractivity contribution in [2.75, 3.05) is 0 Å². The Kier molecular flexibility index (Phi) is 3.70. The number of fused-ring (bicyclic) bond motifs is 3. The molecule has 2 atom stereocenters. The summed E-state index contributed by atoms with van der Waals surface area (Å²) in [5, 5.41) is 15.2. The fourth-order valence-electron chi connectivity index (χ4n) is 3.53. The van der Waals surface area contributed by atoms with Crippen molar-refractivity contribution in [3.63, 3.8) is 0 Å². The van der Waals surface area contributed by atoms with E-state index in [0.29, 0.717) is 0 Å². The number of hydrazine groups is 1. The monoisotopic (exact) mass is 377 g/mol. The van der Waals surface area contributed by atoms with Crippen molar-refractivity contribution in [1.29, 1.82) is 0 Å². The molecule has 0 aliphatic carbocycles. The first-order valence-electron chi connectivity index (χ1n) is 8.51. The molecule has 6 nitrogen and oxygen atoms in total. The van der Waals surface area contributed by atoms with Gasteiger partial charge in [0.2, 0.25) is 0 Å². The molecule has 2 aliphatic rings. The largest absolute Gasteiger partial charge is 0.469 e. The van der Waals surface area contributed by atoms with Gasteiger partial charge in [0.1, 0.15) is 5.75 Å². The third-order valence-electron chi connectivity index (χ3n) is 4.76. The maximum atomic E-state index is 11.2. The minimum absolute atomic E-state index is 0.0173. The van der Waals surface area contributed by atoms with Crippen molar-refractivity contribution in [3.8, 4) is 5.75 Å². The van der Waals surface area contributed by atoms with Gasteiger partial charge in [0, 0.05) is 23.3 Å². The van der Waals surface area contributed by atoms with Crippen molar-refractivity contribution < 1.29 is 9.66 Å². The number of rotatable bonds is 3. The van der Waals surface area contributed by atoms with Crippen LogP contribution in [0.5, 0.6) is 5.75 Å². The minimum atomic E-state index is -0.474. The van der Waals surface area contributed by atoms with Crippen LogP contribution in [0.3, 0.4) is 0 Å². The molecule has 2 aliphatic heterocycles. The molecule has 1 aromatic heterocycles. The first-order chi connectivity index (χ1) is 13.2. The van der Waals surface area contributed by atoms with Crippen molar-refractivity contribution in [3.05, 3.63) is 98.2 Å². The molecule has 0 unspecified atom stereocenters. The molecule has 0 saturated heterocycles. The molecule has 1 N–H and O–H groups in total. The Morgan fingerprint density at radius 1 is 1.11 bits per heavy atom. The zero-order valence-electron chi connectivity index (χ0n) is 14.1. The molecule has 27 heavy (non-hydrogen) atoms. The molecular formula is C20H15N3O3S. The van der Waals surface area contributed by atoms with Crippen molar-refractivity contribution >= 4 is 22.7 Å². The van der Waals surface area contributed by atoms with E-state index in [2.05, 4.69) is 17.6 Å². The van der Waals surface area contributed by atoms with E-state index in [1.807, 2.05) is 46.8 Å². The molecule has 5 rings (SSSR count). The summed E-state index contributed by atoms with van der Waals surface area (Å²) in [5.41, 5.74) is 6.32. The Bertz CT molecular complexity index is 1050. The van der Waals surface area contributed by atoms with Gasteiger partial charge >= 0.3 is 0 Å². The van der Waals surface area contributed by atoms with Crippen molar-refractivity contribution in [1.82, 2.24) is 10.4 Å². The summed E-state index contributed by atoms with van der Waals surface area (Å²) in [6.07, 6.45) is 1.70. The summed E-state index contributed by atoms with van der Waals surface area (Å²) in [5.74, 6) is 0.792. The molecular weight excluding hydrogens is 362 g/mol. The zero-order chi connectivity index (χ0) is 18.4. The van der Waals surface area contributed by atoms with Crippen molar-refractivity contribution in [2.45, 2.75) is 12.3 Å². The number of non-ortho nitro benzene ring substituents is 1. The molecule has 0 saturated carbocycles. The fourth-order valence-corrected chi connectivity index (χ4v) is 4.23. The minimum Gasteiger partial charge on any atom is -0.469 e. The summed E-state index contributed by atoms with van der Waals surface area (Å²) < 4.78 is 6.24. The quantitative estimate of drug-likeness (QED) is 0.532. The molecule has 0 bridgehead atoms. The summed E-state index contributed by atoms with van der Waals surface area (Å²) in [4.78, 5) is 12.0. The molecule has 3 aromatic rings. The number of nitro groups is 1. The van der Waals surface area contributed by atoms with E-state index in [-0.39, 0.29) is 16.7 Å². The van der Waals surface area contributed by atoms with E-state index in [4.69, 9.17) is 4.74 Å². The van der Waals surface area contributed by atoms with Crippen LogP contribution >= 0.6 is 11.3 Å². The van der Waals surface area contributed by atoms with E-state index >= 15 is 0 Å². The Balaban J connectivity index is 1.59. The predicted octanol–water partition coefficient (Wildman–Crippen LogP) is 4.65. The highest BCUT2D eigenvalue weighted by Crippen LogP contribution is 2.46. The van der Waals surface area contributed by atoms with Crippen LogP contribution in [0.15, 0.2) is 72.1 Å². The highest BCUT2D eigenvalue weighted by molar-refractivity contribution is 7.11. The molecule has 0 fully saturated rings. The van der Waals surface area contributed by atoms with Gasteiger partial charge in [-0.2, -0.15) is 5.01 Å². The standard InChI is InChI=1S/C20H15N3O3S/c24-23(25)14-6-3-5-13(11-14)20-22-17(15-7-1-2-8-18(15)26-20)12-16(21-22)19-9-4-10-27-19/h1-12,17,20-21H/t17-,20-/m1/s1. The number of hydrogen-bond donors (Lipinski definition) is 1. The summed E-state index contributed by atoms with van der Waals surface area (Å²) in [7, 11) is 0. The van der Waals surface area contributed by atoms with Crippen LogP contribution in [0.1, 0.15) is 28.3 Å². The summed E-state index contributed by atoms with van der Waals surface area (Å²) in [6.45, 7) is 0. The van der Waals surface area contributed by atoms with Gasteiger partial charge in [0.25, 0.3) is 5.69 Å². The van der Waals surface area contributed by atoms with E-state index in [1.165, 1.54) is 6.07 Å². The van der Waals surface area contributed by atoms with Gasteiger partial charge in [-0.1, -0.05) is 36.4 Å². The Morgan fingerprint density at radius 2 is 2.00 bits per heavy atom. The lowest BCUT2D eigenvalue weighted by Crippen LogP contribution is -2.43. The van der Waals surface area contributed by atoms with Gasteiger partial charge in [0.05, 0.1) is 21.5 Å². The third-order valence-corrected chi connectivity index (χ3v) is 5.66. The normalized spacial score (nSPS) is 20.8. The number of ether oxygens (including phenoxy) is 1. The van der Waals surface area contributed by atoms with Gasteiger partial charge < -0.3 is 10.2 Å². The second kappa shape index (κ2) is 6.22. The maximum Gasteiger partial charge on any atom is 0.269 e. The Morgan fingerprint density at radius 3 is 2.81 bits per heavy atom. The molecule has 2 aromatic carbocycles. The lowest BCUT2D eigenvalue weighted by molar-refractivity contribution is -0.385. The first kappa shape index (κ1) is 16.0. The predicted molar refractivity (Wildman–Crippen MR) is 103 cm³/mol. The average molecular weight is 377 g/mol. The van der Waals surface area contributed by atoms with Gasteiger partial charge in [-0.25, -0.2) is 0 Å². The highest BCUT2D eigenvalue weighted by atomic mass is 32.1. The van der Waals surface area contributed by atoms with E-state index in [9.17, 15) is 10.1 Å². The Labute approximate surface area is 159 Å². The first-order valence-corrected chi connectivity index (χ1v) is 9.39. The molecule has 7 heteroatoms. The topological polar surface area (TPSA) is 67.6 Å². The zero-order valence-corrected chi connectivity index (χ0v) is 14.9. The van der Waals surface area contributed by atoms with Crippen LogP contribution in [-0.4, -0.2) is 9.93 Å². The molecule has 134 valence electrons. The lowest BCUT2D eigenvalue weighted by Gasteiger charge is -2.38. The SMILES string of the molecule is O=[N+]([O-])c1cccc([C@H]2Oc3ccccc3[C@H]3C=C(c4cccs4)NN32)c1. The molecule has 0 spiro atoms. The van der Waals surface area contributed by atoms with Gasteiger partial charge in [0.15, 0.2) is 6.23 Å². The molecule has 3 heterocycles. The number of nitrogens with one attached hydrogen (secondary N) is 1. The van der Waals surface area contributed by atoms with Crippen LogP contribution in [0.4, 0.5) is 5.69 Å². The van der Waals surface area contributed by atoms with E-state index in [1.54, 1.807) is 23.5 Å². The number of para-hydroxylation sites is 1. The van der Waals surface area contributed by atoms with E-state index in [0.717, 1.165) is 27.5 Å². The van der Waals surface area contributed by atoms with E-state index < -0.39 is 6.23 Å². The average Bonchev–Trinajstić information content (AvgIpc) is 3.37. The molecule has 0 amide bonds. The molecule has 0 radical (unpaired) electrons. The van der Waals surface area contributed by atoms with Crippen LogP contribution in [0.25, 0.3) is 5.70 Å². The fraction of sp³-hybridized carbons (Fsp3) is 0.100. The number of nitro benzene ring substituents is 1. The smallest absolute Gasteiger partial charge is 0.269 e. The Hall–Kier alpha value is -3.16. The van der Waals surface area contributed by atoms with Crippen LogP contribution in [-0.2, 0) is 0 Å². The summed E-state index contributed by atoms with van der Waals surface area (Å²) >= 11 is 1.66. The van der Waals surface area contributed by atoms with Gasteiger partial charge in [-0.3, -0.25) is 10.1 Å². The number of thiophene rings is 1. The van der Waals surface area contributed by atoms with Crippen LogP contribution in [0.2, 0.25) is 0 Å².